The Morgan fingerprint density at radius 3 is 2.26 bits per heavy atom. The van der Waals surface area contributed by atoms with Crippen LogP contribution in [0.2, 0.25) is 0 Å². The third-order valence-corrected chi connectivity index (χ3v) is 6.40. The summed E-state index contributed by atoms with van der Waals surface area (Å²) >= 11 is 0. The van der Waals surface area contributed by atoms with Gasteiger partial charge in [-0.15, -0.1) is 0 Å². The maximum absolute atomic E-state index is 13.0. The number of nitrogens with one attached hydrogen (secondary N) is 2. The summed E-state index contributed by atoms with van der Waals surface area (Å²) in [6.07, 6.45) is 4.19. The highest BCUT2D eigenvalue weighted by Crippen LogP contribution is 2.35. The minimum atomic E-state index is -0.981. The van der Waals surface area contributed by atoms with Gasteiger partial charge in [0.15, 0.2) is 5.79 Å². The van der Waals surface area contributed by atoms with Crippen LogP contribution in [0.3, 0.4) is 0 Å². The molecule has 0 bridgehead atoms. The molecule has 1 saturated heterocycles. The lowest BCUT2D eigenvalue weighted by atomic mass is 9.77. The zero-order valence-electron chi connectivity index (χ0n) is 22.6. The molecule has 0 aromatic rings. The molecule has 1 fully saturated rings. The van der Waals surface area contributed by atoms with Crippen molar-refractivity contribution in [2.75, 3.05) is 13.2 Å². The number of hydrogen-bond donors (Lipinski definition) is 3. The van der Waals surface area contributed by atoms with E-state index in [0.717, 1.165) is 25.7 Å². The van der Waals surface area contributed by atoms with Crippen molar-refractivity contribution in [3.8, 4) is 0 Å². The van der Waals surface area contributed by atoms with Gasteiger partial charge in [-0.05, 0) is 38.5 Å². The largest absolute Gasteiger partial charge is 0.481 e. The zero-order valence-corrected chi connectivity index (χ0v) is 22.6. The molecule has 0 aliphatic carbocycles. The molecule has 0 saturated carbocycles. The first kappa shape index (κ1) is 30.4. The molecule has 0 aromatic heterocycles. The number of carboxylic acids is 1. The summed E-state index contributed by atoms with van der Waals surface area (Å²) in [6, 6.07) is -0.546. The third-order valence-electron chi connectivity index (χ3n) is 6.40. The number of carbonyl (C=O) groups excluding carboxylic acids is 2. The molecule has 0 aromatic carbocycles. The van der Waals surface area contributed by atoms with E-state index < -0.39 is 29.3 Å². The van der Waals surface area contributed by atoms with E-state index in [2.05, 4.69) is 38.3 Å². The molecule has 3 atom stereocenters. The maximum Gasteiger partial charge on any atom is 0.305 e. The molecular formula is C26H48N2O6. The summed E-state index contributed by atoms with van der Waals surface area (Å²) in [7, 11) is 0. The Balaban J connectivity index is 2.66. The fourth-order valence-corrected chi connectivity index (χ4v) is 4.27. The Morgan fingerprint density at radius 2 is 1.71 bits per heavy atom. The van der Waals surface area contributed by atoms with Crippen LogP contribution in [0, 0.1) is 16.7 Å². The second-order valence-electron chi connectivity index (χ2n) is 11.8. The van der Waals surface area contributed by atoms with E-state index in [1.54, 1.807) is 13.8 Å². The van der Waals surface area contributed by atoms with Crippen LogP contribution in [-0.2, 0) is 23.9 Å². The average Bonchev–Trinajstić information content (AvgIpc) is 2.69. The lowest BCUT2D eigenvalue weighted by molar-refractivity contribution is -0.304. The monoisotopic (exact) mass is 484 g/mol. The van der Waals surface area contributed by atoms with Gasteiger partial charge in [-0.3, -0.25) is 14.4 Å². The second kappa shape index (κ2) is 12.9. The summed E-state index contributed by atoms with van der Waals surface area (Å²) in [4.78, 5) is 37.2. The fraction of sp³-hybridized carbons (Fsp3) is 0.885. The van der Waals surface area contributed by atoms with Crippen molar-refractivity contribution in [1.82, 2.24) is 10.6 Å². The number of carbonyl (C=O) groups is 3. The second-order valence-corrected chi connectivity index (χ2v) is 11.8. The molecule has 0 spiro atoms. The van der Waals surface area contributed by atoms with Crippen LogP contribution in [0.4, 0.5) is 0 Å². The Hall–Kier alpha value is -1.67. The van der Waals surface area contributed by atoms with Crippen LogP contribution in [0.25, 0.3) is 0 Å². The lowest BCUT2D eigenvalue weighted by Crippen LogP contribution is -2.57. The minimum Gasteiger partial charge on any atom is -0.481 e. The van der Waals surface area contributed by atoms with Gasteiger partial charge in [0.25, 0.3) is 0 Å². The SMILES string of the molecule is CCCCCC(C(=O)NCCCC(CC(=O)O)NC(=O)C1OC(C)(C)OCC1(C)C)C(C)(C)C. The summed E-state index contributed by atoms with van der Waals surface area (Å²) < 4.78 is 11.5. The Bertz CT molecular complexity index is 683. The molecule has 0 radical (unpaired) electrons. The molecule has 3 N–H and O–H groups in total. The molecule has 198 valence electrons. The smallest absolute Gasteiger partial charge is 0.305 e. The van der Waals surface area contributed by atoms with Crippen molar-refractivity contribution in [3.05, 3.63) is 0 Å². The summed E-state index contributed by atoms with van der Waals surface area (Å²) in [6.45, 7) is 16.5. The predicted octanol–water partition coefficient (Wildman–Crippen LogP) is 4.26. The van der Waals surface area contributed by atoms with Gasteiger partial charge in [-0.2, -0.15) is 0 Å². The number of rotatable bonds is 13. The molecular weight excluding hydrogens is 436 g/mol. The van der Waals surface area contributed by atoms with Gasteiger partial charge in [0.05, 0.1) is 13.0 Å². The first-order valence-electron chi connectivity index (χ1n) is 12.7. The van der Waals surface area contributed by atoms with E-state index in [4.69, 9.17) is 9.47 Å². The molecule has 1 heterocycles. The molecule has 8 heteroatoms. The fourth-order valence-electron chi connectivity index (χ4n) is 4.27. The highest BCUT2D eigenvalue weighted by molar-refractivity contribution is 5.82. The maximum atomic E-state index is 13.0. The Kier molecular flexibility index (Phi) is 11.5. The van der Waals surface area contributed by atoms with Crippen molar-refractivity contribution in [2.24, 2.45) is 16.7 Å². The molecule has 8 nitrogen and oxygen atoms in total. The van der Waals surface area contributed by atoms with Crippen LogP contribution in [0.5, 0.6) is 0 Å². The number of ether oxygens (including phenoxy) is 2. The van der Waals surface area contributed by atoms with Gasteiger partial charge in [-0.1, -0.05) is 60.8 Å². The highest BCUT2D eigenvalue weighted by Gasteiger charge is 2.46. The molecule has 2 amide bonds. The predicted molar refractivity (Wildman–Crippen MR) is 132 cm³/mol. The topological polar surface area (TPSA) is 114 Å². The molecule has 1 rings (SSSR count). The summed E-state index contributed by atoms with van der Waals surface area (Å²) in [5.74, 6) is -2.22. The van der Waals surface area contributed by atoms with E-state index in [-0.39, 0.29) is 29.6 Å². The van der Waals surface area contributed by atoms with Crippen molar-refractivity contribution >= 4 is 17.8 Å². The quantitative estimate of drug-likeness (QED) is 0.337. The first-order valence-corrected chi connectivity index (χ1v) is 12.7. The van der Waals surface area contributed by atoms with E-state index in [9.17, 15) is 19.5 Å². The number of carboxylic acid groups (broad SMARTS) is 1. The molecule has 34 heavy (non-hydrogen) atoms. The van der Waals surface area contributed by atoms with Crippen LogP contribution in [0.15, 0.2) is 0 Å². The molecule has 1 aliphatic heterocycles. The van der Waals surface area contributed by atoms with Crippen LogP contribution in [0.1, 0.15) is 100 Å². The number of unbranched alkanes of at least 4 members (excludes halogenated alkanes) is 2. The number of hydrogen-bond acceptors (Lipinski definition) is 5. The van der Waals surface area contributed by atoms with Crippen LogP contribution >= 0.6 is 0 Å². The van der Waals surface area contributed by atoms with Crippen LogP contribution < -0.4 is 10.6 Å². The summed E-state index contributed by atoms with van der Waals surface area (Å²) in [5, 5.41) is 15.2. The summed E-state index contributed by atoms with van der Waals surface area (Å²) in [5.41, 5.74) is -0.664. The van der Waals surface area contributed by atoms with Crippen molar-refractivity contribution < 1.29 is 29.0 Å². The van der Waals surface area contributed by atoms with E-state index in [1.807, 2.05) is 13.8 Å². The van der Waals surface area contributed by atoms with Gasteiger partial charge >= 0.3 is 5.97 Å². The molecule has 3 unspecified atom stereocenters. The third kappa shape index (κ3) is 10.3. The van der Waals surface area contributed by atoms with Crippen molar-refractivity contribution in [2.45, 2.75) is 118 Å². The normalized spacial score (nSPS) is 21.4. The molecule has 1 aliphatic rings. The minimum absolute atomic E-state index is 0.0435. The zero-order chi connectivity index (χ0) is 26.2. The van der Waals surface area contributed by atoms with Gasteiger partial charge in [0.2, 0.25) is 11.8 Å². The van der Waals surface area contributed by atoms with E-state index >= 15 is 0 Å². The van der Waals surface area contributed by atoms with Crippen molar-refractivity contribution in [3.63, 3.8) is 0 Å². The Labute approximate surface area is 205 Å². The number of aliphatic carboxylic acids is 1. The van der Waals surface area contributed by atoms with Gasteiger partial charge in [-0.25, -0.2) is 0 Å². The first-order chi connectivity index (χ1) is 15.6. The van der Waals surface area contributed by atoms with Crippen LogP contribution in [-0.4, -0.2) is 54.0 Å². The van der Waals surface area contributed by atoms with Gasteiger partial charge in [0, 0.05) is 23.9 Å². The van der Waals surface area contributed by atoms with Gasteiger partial charge in [0.1, 0.15) is 6.10 Å². The number of amides is 2. The van der Waals surface area contributed by atoms with E-state index in [1.165, 1.54) is 0 Å². The standard InChI is InChI=1S/C26H48N2O6/c1-9-10-11-14-19(24(2,3)4)22(31)27-15-12-13-18(16-20(29)30)28-23(32)21-25(5,6)17-33-26(7,8)34-21/h18-19,21H,9-17H2,1-8H3,(H,27,31)(H,28,32)(H,29,30). The average molecular weight is 485 g/mol. The van der Waals surface area contributed by atoms with Gasteiger partial charge < -0.3 is 25.2 Å². The van der Waals surface area contributed by atoms with Crippen molar-refractivity contribution in [1.29, 1.82) is 0 Å². The lowest BCUT2D eigenvalue weighted by Gasteiger charge is -2.45. The van der Waals surface area contributed by atoms with E-state index in [0.29, 0.717) is 26.0 Å². The highest BCUT2D eigenvalue weighted by atomic mass is 16.7. The Morgan fingerprint density at radius 1 is 1.06 bits per heavy atom.